The Morgan fingerprint density at radius 3 is 2.31 bits per heavy atom. The number of nitrogens with zero attached hydrogens (tertiary/aromatic N) is 3. The molecule has 3 aromatic rings. The van der Waals surface area contributed by atoms with E-state index in [4.69, 9.17) is 46.4 Å². The number of benzene rings is 2. The van der Waals surface area contributed by atoms with Crippen LogP contribution in [0.4, 0.5) is 0 Å². The maximum absolute atomic E-state index is 6.49. The van der Waals surface area contributed by atoms with Gasteiger partial charge < -0.3 is 0 Å². The van der Waals surface area contributed by atoms with Crippen LogP contribution in [0, 0.1) is 0 Å². The van der Waals surface area contributed by atoms with E-state index < -0.39 is 0 Å². The predicted molar refractivity (Wildman–Crippen MR) is 124 cm³/mol. The van der Waals surface area contributed by atoms with Gasteiger partial charge in [0.2, 0.25) is 0 Å². The minimum Gasteiger partial charge on any atom is -0.299 e. The quantitative estimate of drug-likeness (QED) is 0.339. The zero-order valence-electron chi connectivity index (χ0n) is 15.5. The highest BCUT2D eigenvalue weighted by Crippen LogP contribution is 2.39. The first-order chi connectivity index (χ1) is 14.0. The first-order valence-corrected chi connectivity index (χ1v) is 12.0. The molecule has 4 rings (SSSR count). The van der Waals surface area contributed by atoms with E-state index in [1.165, 1.54) is 19.3 Å². The van der Waals surface area contributed by atoms with Crippen LogP contribution in [-0.4, -0.2) is 14.8 Å². The summed E-state index contributed by atoms with van der Waals surface area (Å²) in [6, 6.07) is 11.4. The normalized spacial score (nSPS) is 15.0. The Bertz CT molecular complexity index is 995. The monoisotopic (exact) mass is 485 g/mol. The van der Waals surface area contributed by atoms with Crippen molar-refractivity contribution in [1.82, 2.24) is 14.8 Å². The fourth-order valence-corrected chi connectivity index (χ4v) is 5.95. The molecule has 0 atom stereocenters. The van der Waals surface area contributed by atoms with Gasteiger partial charge in [-0.1, -0.05) is 83.5 Å². The lowest BCUT2D eigenvalue weighted by Crippen LogP contribution is -2.15. The summed E-state index contributed by atoms with van der Waals surface area (Å²) in [5.41, 5.74) is 1.75. The van der Waals surface area contributed by atoms with Gasteiger partial charge in [-0.25, -0.2) is 0 Å². The van der Waals surface area contributed by atoms with Crippen molar-refractivity contribution in [3.8, 4) is 11.4 Å². The molecule has 1 aliphatic carbocycles. The van der Waals surface area contributed by atoms with Crippen LogP contribution in [-0.2, 0) is 5.75 Å². The van der Waals surface area contributed by atoms with Gasteiger partial charge in [-0.2, -0.15) is 0 Å². The van der Waals surface area contributed by atoms with E-state index in [1.807, 2.05) is 30.3 Å². The van der Waals surface area contributed by atoms with E-state index in [2.05, 4.69) is 14.8 Å². The summed E-state index contributed by atoms with van der Waals surface area (Å²) < 4.78 is 2.24. The Balaban J connectivity index is 1.71. The Labute approximate surface area is 194 Å². The van der Waals surface area contributed by atoms with Gasteiger partial charge in [-0.15, -0.1) is 10.2 Å². The Hall–Kier alpha value is -0.910. The second-order valence-electron chi connectivity index (χ2n) is 7.08. The zero-order valence-corrected chi connectivity index (χ0v) is 19.4. The van der Waals surface area contributed by atoms with Crippen molar-refractivity contribution in [2.75, 3.05) is 0 Å². The number of hydrogen-bond acceptors (Lipinski definition) is 3. The number of aromatic nitrogens is 3. The van der Waals surface area contributed by atoms with E-state index in [0.717, 1.165) is 34.9 Å². The van der Waals surface area contributed by atoms with E-state index in [9.17, 15) is 0 Å². The molecule has 0 saturated heterocycles. The SMILES string of the molecule is Clc1ccc(-c2nnc(SCc3c(Cl)cccc3Cl)n2C2CCCCC2)c(Cl)c1. The average Bonchev–Trinajstić information content (AvgIpc) is 3.12. The highest BCUT2D eigenvalue weighted by molar-refractivity contribution is 7.98. The number of thioether (sulfide) groups is 1. The standard InChI is InChI=1S/C21H19Cl4N3S/c22-13-9-10-15(19(25)11-13)20-26-27-21(28(20)14-5-2-1-3-6-14)29-12-16-17(23)7-4-8-18(16)24/h4,7-11,14H,1-3,5-6,12H2. The minimum atomic E-state index is 0.352. The fourth-order valence-electron chi connectivity index (χ4n) is 3.71. The summed E-state index contributed by atoms with van der Waals surface area (Å²) in [4.78, 5) is 0. The third kappa shape index (κ3) is 4.72. The predicted octanol–water partition coefficient (Wildman–Crippen LogP) is 8.36. The summed E-state index contributed by atoms with van der Waals surface area (Å²) in [6.07, 6.45) is 5.90. The van der Waals surface area contributed by atoms with Crippen LogP contribution in [0.5, 0.6) is 0 Å². The summed E-state index contributed by atoms with van der Waals surface area (Å²) >= 11 is 26.9. The van der Waals surface area contributed by atoms with Crippen molar-refractivity contribution >= 4 is 58.2 Å². The van der Waals surface area contributed by atoms with E-state index in [0.29, 0.717) is 31.9 Å². The molecule has 1 aliphatic rings. The van der Waals surface area contributed by atoms with Crippen molar-refractivity contribution in [2.24, 2.45) is 0 Å². The van der Waals surface area contributed by atoms with Gasteiger partial charge >= 0.3 is 0 Å². The molecule has 0 N–H and O–H groups in total. The molecular formula is C21H19Cl4N3S. The van der Waals surface area contributed by atoms with Crippen LogP contribution in [0.2, 0.25) is 20.1 Å². The molecule has 29 heavy (non-hydrogen) atoms. The van der Waals surface area contributed by atoms with Gasteiger partial charge in [0.25, 0.3) is 0 Å². The Morgan fingerprint density at radius 1 is 0.897 bits per heavy atom. The van der Waals surface area contributed by atoms with Crippen LogP contribution < -0.4 is 0 Å². The topological polar surface area (TPSA) is 30.7 Å². The average molecular weight is 487 g/mol. The molecule has 0 amide bonds. The molecular weight excluding hydrogens is 468 g/mol. The molecule has 1 aromatic heterocycles. The molecule has 1 heterocycles. The van der Waals surface area contributed by atoms with Gasteiger partial charge in [-0.05, 0) is 48.7 Å². The molecule has 8 heteroatoms. The highest BCUT2D eigenvalue weighted by atomic mass is 35.5. The molecule has 1 saturated carbocycles. The molecule has 0 radical (unpaired) electrons. The van der Waals surface area contributed by atoms with Gasteiger partial charge in [0, 0.05) is 32.4 Å². The van der Waals surface area contributed by atoms with Crippen LogP contribution in [0.3, 0.4) is 0 Å². The third-order valence-electron chi connectivity index (χ3n) is 5.18. The highest BCUT2D eigenvalue weighted by Gasteiger charge is 2.25. The largest absolute Gasteiger partial charge is 0.299 e. The number of hydrogen-bond donors (Lipinski definition) is 0. The second kappa shape index (κ2) is 9.49. The van der Waals surface area contributed by atoms with Crippen molar-refractivity contribution < 1.29 is 0 Å². The third-order valence-corrected chi connectivity index (χ3v) is 7.41. The Kier molecular flexibility index (Phi) is 6.98. The summed E-state index contributed by atoms with van der Waals surface area (Å²) in [6.45, 7) is 0. The molecule has 0 bridgehead atoms. The minimum absolute atomic E-state index is 0.352. The van der Waals surface area contributed by atoms with Crippen LogP contribution in [0.15, 0.2) is 41.6 Å². The van der Waals surface area contributed by atoms with Crippen LogP contribution >= 0.6 is 58.2 Å². The van der Waals surface area contributed by atoms with Crippen LogP contribution in [0.25, 0.3) is 11.4 Å². The summed E-state index contributed by atoms with van der Waals surface area (Å²) in [5.74, 6) is 1.41. The van der Waals surface area contributed by atoms with Crippen molar-refractivity contribution in [3.63, 3.8) is 0 Å². The van der Waals surface area contributed by atoms with Gasteiger partial charge in [0.1, 0.15) is 0 Å². The Morgan fingerprint density at radius 2 is 1.62 bits per heavy atom. The molecule has 0 spiro atoms. The molecule has 0 aliphatic heterocycles. The summed E-state index contributed by atoms with van der Waals surface area (Å²) in [7, 11) is 0. The van der Waals surface area contributed by atoms with Gasteiger partial charge in [0.15, 0.2) is 11.0 Å². The van der Waals surface area contributed by atoms with E-state index in [1.54, 1.807) is 17.8 Å². The molecule has 0 unspecified atom stereocenters. The van der Waals surface area contributed by atoms with E-state index >= 15 is 0 Å². The number of rotatable bonds is 5. The summed E-state index contributed by atoms with van der Waals surface area (Å²) in [5, 5.41) is 12.4. The van der Waals surface area contributed by atoms with Crippen molar-refractivity contribution in [2.45, 2.75) is 49.1 Å². The molecule has 2 aromatic carbocycles. The molecule has 3 nitrogen and oxygen atoms in total. The zero-order chi connectivity index (χ0) is 20.4. The lowest BCUT2D eigenvalue weighted by molar-refractivity contribution is 0.339. The van der Waals surface area contributed by atoms with Gasteiger partial charge in [-0.3, -0.25) is 4.57 Å². The molecule has 1 fully saturated rings. The smallest absolute Gasteiger partial charge is 0.192 e. The van der Waals surface area contributed by atoms with Gasteiger partial charge in [0.05, 0.1) is 5.02 Å². The van der Waals surface area contributed by atoms with Crippen molar-refractivity contribution in [3.05, 3.63) is 62.1 Å². The second-order valence-corrected chi connectivity index (χ2v) is 9.68. The maximum atomic E-state index is 6.49. The van der Waals surface area contributed by atoms with E-state index in [-0.39, 0.29) is 0 Å². The lowest BCUT2D eigenvalue weighted by atomic mass is 9.95. The van der Waals surface area contributed by atoms with Crippen LogP contribution in [0.1, 0.15) is 43.7 Å². The maximum Gasteiger partial charge on any atom is 0.192 e. The van der Waals surface area contributed by atoms with Crippen molar-refractivity contribution in [1.29, 1.82) is 0 Å². The fraction of sp³-hybridized carbons (Fsp3) is 0.333. The first kappa shape index (κ1) is 21.3. The first-order valence-electron chi connectivity index (χ1n) is 9.50. The molecule has 152 valence electrons. The lowest BCUT2D eigenvalue weighted by Gasteiger charge is -2.26. The number of halogens is 4.